The quantitative estimate of drug-likeness (QED) is 0.837. The van der Waals surface area contributed by atoms with Gasteiger partial charge in [-0.1, -0.05) is 44.4 Å². The standard InChI is InChI=1S/C18H27NO/c1-2-11-19-17(13-14-6-3-7-14)16-10-4-8-15-9-5-12-20-18(15)16/h4,8,10,14,17,19H,2-3,5-7,9,11-13H2,1H3. The monoisotopic (exact) mass is 273 g/mol. The molecule has 0 bridgehead atoms. The minimum absolute atomic E-state index is 0.480. The minimum atomic E-state index is 0.480. The Morgan fingerprint density at radius 1 is 1.30 bits per heavy atom. The number of para-hydroxylation sites is 1. The maximum absolute atomic E-state index is 6.01. The van der Waals surface area contributed by atoms with Crippen molar-refractivity contribution in [2.75, 3.05) is 13.2 Å². The highest BCUT2D eigenvalue weighted by molar-refractivity contribution is 5.44. The van der Waals surface area contributed by atoms with Crippen molar-refractivity contribution in [1.82, 2.24) is 5.32 Å². The fourth-order valence-electron chi connectivity index (χ4n) is 3.39. The van der Waals surface area contributed by atoms with Gasteiger partial charge in [0, 0.05) is 11.6 Å². The molecular formula is C18H27NO. The van der Waals surface area contributed by atoms with E-state index < -0.39 is 0 Å². The van der Waals surface area contributed by atoms with Gasteiger partial charge >= 0.3 is 0 Å². The summed E-state index contributed by atoms with van der Waals surface area (Å²) in [6.07, 6.45) is 9.06. The van der Waals surface area contributed by atoms with Gasteiger partial charge in [-0.2, -0.15) is 0 Å². The fourth-order valence-corrected chi connectivity index (χ4v) is 3.39. The molecule has 1 saturated carbocycles. The highest BCUT2D eigenvalue weighted by Gasteiger charge is 2.26. The summed E-state index contributed by atoms with van der Waals surface area (Å²) in [5.74, 6) is 2.11. The molecule has 1 aliphatic heterocycles. The van der Waals surface area contributed by atoms with Crippen LogP contribution in [-0.4, -0.2) is 13.2 Å². The number of hydrogen-bond donors (Lipinski definition) is 1. The van der Waals surface area contributed by atoms with Gasteiger partial charge in [0.1, 0.15) is 5.75 Å². The van der Waals surface area contributed by atoms with Gasteiger partial charge in [0.05, 0.1) is 6.61 Å². The Morgan fingerprint density at radius 2 is 2.20 bits per heavy atom. The highest BCUT2D eigenvalue weighted by atomic mass is 16.5. The molecule has 1 aromatic rings. The van der Waals surface area contributed by atoms with E-state index in [-0.39, 0.29) is 0 Å². The number of aryl methyl sites for hydroxylation is 1. The molecule has 1 aromatic carbocycles. The first kappa shape index (κ1) is 13.9. The molecule has 1 heterocycles. The molecule has 110 valence electrons. The molecule has 0 radical (unpaired) electrons. The lowest BCUT2D eigenvalue weighted by Gasteiger charge is -2.32. The third-order valence-corrected chi connectivity index (χ3v) is 4.77. The molecule has 3 rings (SSSR count). The van der Waals surface area contributed by atoms with E-state index in [1.54, 1.807) is 0 Å². The van der Waals surface area contributed by atoms with Crippen molar-refractivity contribution < 1.29 is 4.74 Å². The molecule has 1 aliphatic carbocycles. The van der Waals surface area contributed by atoms with Gasteiger partial charge in [0.2, 0.25) is 0 Å². The van der Waals surface area contributed by atoms with Gasteiger partial charge in [0.25, 0.3) is 0 Å². The van der Waals surface area contributed by atoms with Crippen molar-refractivity contribution in [3.8, 4) is 5.75 Å². The van der Waals surface area contributed by atoms with Gasteiger partial charge in [-0.05, 0) is 43.7 Å². The zero-order valence-corrected chi connectivity index (χ0v) is 12.7. The lowest BCUT2D eigenvalue weighted by atomic mass is 9.79. The van der Waals surface area contributed by atoms with Gasteiger partial charge in [-0.3, -0.25) is 0 Å². The molecule has 1 unspecified atom stereocenters. The SMILES string of the molecule is CCCNC(CC1CCC1)c1cccc2c1OCCC2. The number of hydrogen-bond acceptors (Lipinski definition) is 2. The summed E-state index contributed by atoms with van der Waals surface area (Å²) in [7, 11) is 0. The van der Waals surface area contributed by atoms with Crippen LogP contribution in [0, 0.1) is 5.92 Å². The summed E-state index contributed by atoms with van der Waals surface area (Å²) in [5.41, 5.74) is 2.81. The summed E-state index contributed by atoms with van der Waals surface area (Å²) in [5, 5.41) is 3.75. The molecule has 0 aromatic heterocycles. The summed E-state index contributed by atoms with van der Waals surface area (Å²) < 4.78 is 6.01. The van der Waals surface area contributed by atoms with Crippen LogP contribution < -0.4 is 10.1 Å². The van der Waals surface area contributed by atoms with Crippen LogP contribution in [0.15, 0.2) is 18.2 Å². The molecule has 2 heteroatoms. The van der Waals surface area contributed by atoms with Crippen LogP contribution in [0.3, 0.4) is 0 Å². The second-order valence-corrected chi connectivity index (χ2v) is 6.33. The van der Waals surface area contributed by atoms with Crippen molar-refractivity contribution in [2.45, 2.75) is 57.9 Å². The summed E-state index contributed by atoms with van der Waals surface area (Å²) >= 11 is 0. The zero-order valence-electron chi connectivity index (χ0n) is 12.7. The zero-order chi connectivity index (χ0) is 13.8. The van der Waals surface area contributed by atoms with Gasteiger partial charge in [0.15, 0.2) is 0 Å². The Labute approximate surface area is 122 Å². The van der Waals surface area contributed by atoms with Gasteiger partial charge < -0.3 is 10.1 Å². The van der Waals surface area contributed by atoms with Crippen molar-refractivity contribution in [2.24, 2.45) is 5.92 Å². The predicted octanol–water partition coefficient (Wildman–Crippen LogP) is 4.24. The Kier molecular flexibility index (Phi) is 4.62. The Hall–Kier alpha value is -1.02. The van der Waals surface area contributed by atoms with Crippen LogP contribution in [0.4, 0.5) is 0 Å². The number of ether oxygens (including phenoxy) is 1. The van der Waals surface area contributed by atoms with Crippen molar-refractivity contribution in [1.29, 1.82) is 0 Å². The first-order valence-electron chi connectivity index (χ1n) is 8.36. The third kappa shape index (κ3) is 3.01. The average molecular weight is 273 g/mol. The first-order valence-corrected chi connectivity index (χ1v) is 8.36. The van der Waals surface area contributed by atoms with Crippen molar-refractivity contribution >= 4 is 0 Å². The van der Waals surface area contributed by atoms with Gasteiger partial charge in [-0.25, -0.2) is 0 Å². The Balaban J connectivity index is 1.81. The second kappa shape index (κ2) is 6.62. The van der Waals surface area contributed by atoms with Crippen molar-refractivity contribution in [3.05, 3.63) is 29.3 Å². The Morgan fingerprint density at radius 3 is 2.95 bits per heavy atom. The van der Waals surface area contributed by atoms with E-state index >= 15 is 0 Å². The first-order chi connectivity index (χ1) is 9.88. The normalized spacial score (nSPS) is 19.9. The summed E-state index contributed by atoms with van der Waals surface area (Å²) in [6.45, 7) is 4.22. The third-order valence-electron chi connectivity index (χ3n) is 4.77. The number of nitrogens with one attached hydrogen (secondary N) is 1. The molecule has 0 amide bonds. The number of benzene rings is 1. The fraction of sp³-hybridized carbons (Fsp3) is 0.667. The highest BCUT2D eigenvalue weighted by Crippen LogP contribution is 2.39. The molecule has 0 spiro atoms. The van der Waals surface area contributed by atoms with Gasteiger partial charge in [-0.15, -0.1) is 0 Å². The summed E-state index contributed by atoms with van der Waals surface area (Å²) in [4.78, 5) is 0. The second-order valence-electron chi connectivity index (χ2n) is 6.33. The Bertz CT molecular complexity index is 439. The van der Waals surface area contributed by atoms with Crippen LogP contribution >= 0.6 is 0 Å². The van der Waals surface area contributed by atoms with E-state index in [9.17, 15) is 0 Å². The predicted molar refractivity (Wildman–Crippen MR) is 83.3 cm³/mol. The molecule has 2 aliphatic rings. The number of rotatable bonds is 6. The number of fused-ring (bicyclic) bond motifs is 1. The molecule has 1 N–H and O–H groups in total. The molecule has 1 fully saturated rings. The molecule has 2 nitrogen and oxygen atoms in total. The lowest BCUT2D eigenvalue weighted by Crippen LogP contribution is -2.27. The molecule has 0 saturated heterocycles. The maximum atomic E-state index is 6.01. The van der Waals surface area contributed by atoms with E-state index in [1.165, 1.54) is 55.4 Å². The van der Waals surface area contributed by atoms with Crippen LogP contribution in [0.25, 0.3) is 0 Å². The van der Waals surface area contributed by atoms with Crippen molar-refractivity contribution in [3.63, 3.8) is 0 Å². The topological polar surface area (TPSA) is 21.3 Å². The van der Waals surface area contributed by atoms with E-state index in [2.05, 4.69) is 30.4 Å². The smallest absolute Gasteiger partial charge is 0.127 e. The summed E-state index contributed by atoms with van der Waals surface area (Å²) in [6, 6.07) is 7.20. The lowest BCUT2D eigenvalue weighted by molar-refractivity contribution is 0.249. The largest absolute Gasteiger partial charge is 0.493 e. The molecular weight excluding hydrogens is 246 g/mol. The molecule has 1 atom stereocenters. The van der Waals surface area contributed by atoms with Crippen LogP contribution in [-0.2, 0) is 6.42 Å². The van der Waals surface area contributed by atoms with Crippen LogP contribution in [0.2, 0.25) is 0 Å². The minimum Gasteiger partial charge on any atom is -0.493 e. The van der Waals surface area contributed by atoms with Crippen LogP contribution in [0.1, 0.15) is 62.6 Å². The van der Waals surface area contributed by atoms with E-state index in [0.29, 0.717) is 6.04 Å². The van der Waals surface area contributed by atoms with E-state index in [0.717, 1.165) is 25.5 Å². The molecule has 20 heavy (non-hydrogen) atoms. The van der Waals surface area contributed by atoms with E-state index in [1.807, 2.05) is 0 Å². The van der Waals surface area contributed by atoms with E-state index in [4.69, 9.17) is 4.74 Å². The average Bonchev–Trinajstić information content (AvgIpc) is 2.45. The van der Waals surface area contributed by atoms with Crippen LogP contribution in [0.5, 0.6) is 5.75 Å². The maximum Gasteiger partial charge on any atom is 0.127 e.